The molecule has 0 amide bonds. The number of rotatable bonds is 5. The molecule has 0 aromatic heterocycles. The lowest BCUT2D eigenvalue weighted by Gasteiger charge is -2.29. The number of hydrogen-bond acceptors (Lipinski definition) is 6. The summed E-state index contributed by atoms with van der Waals surface area (Å²) in [5.74, 6) is -1.44. The third kappa shape index (κ3) is 82.1. The molecule has 0 rings (SSSR count). The number of quaternary nitrogens is 3. The average molecular weight is 374 g/mol. The number of carbonyl (C=O) groups excluding carboxylic acids is 1. The summed E-state index contributed by atoms with van der Waals surface area (Å²) in [5.41, 5.74) is 15.9. The van der Waals surface area contributed by atoms with Gasteiger partial charge in [-0.3, -0.25) is 0 Å². The Kier molecular flexibility index (Phi) is 24.5. The molecule has 0 saturated carbocycles. The summed E-state index contributed by atoms with van der Waals surface area (Å²) < 4.78 is 10.1. The van der Waals surface area contributed by atoms with Crippen LogP contribution in [0.2, 0.25) is 0 Å². The van der Waals surface area contributed by atoms with E-state index < -0.39 is 25.8 Å². The standard InChI is InChI=1S/C5H12NO5P.3C3H9N/c6-4(5(7)8)2-1-3-12(9,10)11;3*1-3(2)4/h4H,1-3,6H2,(H,7,8)(H2,9,10,11);3*3H,4H2,1-2H3. The highest BCUT2D eigenvalue weighted by molar-refractivity contribution is 7.48. The number of hydrogen-bond donors (Lipinski definition) is 4. The molecule has 24 heavy (non-hydrogen) atoms. The Bertz CT molecular complexity index is 300. The Balaban J connectivity index is -0.000000137. The second-order valence-corrected chi connectivity index (χ2v) is 8.25. The zero-order valence-corrected chi connectivity index (χ0v) is 17.0. The number of nitrogens with two attached hydrogens (primary N) is 1. The van der Waals surface area contributed by atoms with Crippen LogP contribution < -0.4 is 37.8 Å². The van der Waals surface area contributed by atoms with Crippen LogP contribution >= 0.6 is 7.60 Å². The highest BCUT2D eigenvalue weighted by Gasteiger charge is 2.02. The monoisotopic (exact) mass is 374 g/mol. The van der Waals surface area contributed by atoms with Gasteiger partial charge in [-0.05, 0) is 60.5 Å². The molecule has 150 valence electrons. The van der Waals surface area contributed by atoms with E-state index in [2.05, 4.69) is 58.7 Å². The summed E-state index contributed by atoms with van der Waals surface area (Å²) in [5, 5.41) is 9.99. The van der Waals surface area contributed by atoms with Gasteiger partial charge in [-0.1, -0.05) is 7.60 Å². The fourth-order valence-electron chi connectivity index (χ4n) is 0.623. The van der Waals surface area contributed by atoms with E-state index >= 15 is 0 Å². The summed E-state index contributed by atoms with van der Waals surface area (Å²) >= 11 is 0. The predicted octanol–water partition coefficient (Wildman–Crippen LogP) is -4.33. The topological polar surface area (TPSA) is 212 Å². The minimum atomic E-state index is -4.52. The normalized spacial score (nSPS) is 11.6. The first-order chi connectivity index (χ1) is 10.5. The number of carbonyl (C=O) groups is 1. The Labute approximate surface area is 146 Å². The molecular formula is C14H39N4O5P. The number of aliphatic carboxylic acids is 1. The molecule has 0 aliphatic carbocycles. The molecule has 0 heterocycles. The van der Waals surface area contributed by atoms with Crippen molar-refractivity contribution in [1.29, 1.82) is 0 Å². The molecule has 10 heteroatoms. The fourth-order valence-corrected chi connectivity index (χ4v) is 1.19. The first-order valence-corrected chi connectivity index (χ1v) is 9.72. The van der Waals surface area contributed by atoms with Crippen LogP contribution in [0.1, 0.15) is 54.4 Å². The van der Waals surface area contributed by atoms with E-state index in [1.165, 1.54) is 0 Å². The molecule has 9 nitrogen and oxygen atoms in total. The van der Waals surface area contributed by atoms with Gasteiger partial charge in [0, 0.05) is 6.04 Å². The molecular weight excluding hydrogens is 335 g/mol. The van der Waals surface area contributed by atoms with Gasteiger partial charge in [0.2, 0.25) is 0 Å². The van der Waals surface area contributed by atoms with E-state index in [9.17, 15) is 24.3 Å². The maximum atomic E-state index is 10.1. The third-order valence-electron chi connectivity index (χ3n) is 1.25. The first-order valence-electron chi connectivity index (χ1n) is 7.99. The van der Waals surface area contributed by atoms with E-state index in [1.807, 2.05) is 0 Å². The lowest BCUT2D eigenvalue weighted by atomic mass is 10.2. The molecule has 0 bridgehead atoms. The van der Waals surface area contributed by atoms with Crippen molar-refractivity contribution in [2.75, 3.05) is 6.16 Å². The molecule has 0 aliphatic heterocycles. The SMILES string of the molecule is CC(C)[NH3+].CC(C)[NH3+].CC(C)[NH3+].NC(CCCP(=O)([O-])[O-])C(=O)[O-]. The molecule has 0 aromatic carbocycles. The lowest BCUT2D eigenvalue weighted by Crippen LogP contribution is -2.57. The van der Waals surface area contributed by atoms with Gasteiger partial charge in [0.05, 0.1) is 24.1 Å². The van der Waals surface area contributed by atoms with Gasteiger partial charge in [0.25, 0.3) is 0 Å². The van der Waals surface area contributed by atoms with Gasteiger partial charge in [-0.2, -0.15) is 0 Å². The molecule has 0 radical (unpaired) electrons. The average Bonchev–Trinajstić information content (AvgIpc) is 2.24. The van der Waals surface area contributed by atoms with Crippen LogP contribution in [0.3, 0.4) is 0 Å². The molecule has 0 aromatic rings. The Morgan fingerprint density at radius 1 is 0.958 bits per heavy atom. The minimum Gasteiger partial charge on any atom is -0.811 e. The molecule has 11 N–H and O–H groups in total. The van der Waals surface area contributed by atoms with E-state index in [-0.39, 0.29) is 12.8 Å². The van der Waals surface area contributed by atoms with Crippen LogP contribution in [-0.2, 0) is 9.36 Å². The van der Waals surface area contributed by atoms with Crippen molar-refractivity contribution in [3.63, 3.8) is 0 Å². The Hall–Kier alpha value is -0.540. The first kappa shape index (κ1) is 31.3. The maximum Gasteiger partial charge on any atom is 0.0786 e. The van der Waals surface area contributed by atoms with Gasteiger partial charge in [0.1, 0.15) is 0 Å². The van der Waals surface area contributed by atoms with E-state index in [4.69, 9.17) is 5.73 Å². The van der Waals surface area contributed by atoms with Crippen molar-refractivity contribution >= 4 is 13.6 Å². The predicted molar refractivity (Wildman–Crippen MR) is 88.8 cm³/mol. The summed E-state index contributed by atoms with van der Waals surface area (Å²) in [6.45, 7) is 12.3. The molecule has 0 aliphatic rings. The highest BCUT2D eigenvalue weighted by Crippen LogP contribution is 2.24. The van der Waals surface area contributed by atoms with Crippen LogP contribution in [0.5, 0.6) is 0 Å². The van der Waals surface area contributed by atoms with Gasteiger partial charge in [0.15, 0.2) is 0 Å². The van der Waals surface area contributed by atoms with Crippen molar-refractivity contribution in [3.05, 3.63) is 0 Å². The third-order valence-corrected chi connectivity index (χ3v) is 2.11. The van der Waals surface area contributed by atoms with Gasteiger partial charge >= 0.3 is 0 Å². The van der Waals surface area contributed by atoms with E-state index in [0.29, 0.717) is 18.1 Å². The maximum absolute atomic E-state index is 10.1. The van der Waals surface area contributed by atoms with Gasteiger partial charge in [-0.15, -0.1) is 0 Å². The van der Waals surface area contributed by atoms with Crippen LogP contribution in [0.25, 0.3) is 0 Å². The van der Waals surface area contributed by atoms with Gasteiger partial charge in [-0.25, -0.2) is 0 Å². The second-order valence-electron chi connectivity index (χ2n) is 6.58. The zero-order chi connectivity index (χ0) is 20.5. The fraction of sp³-hybridized carbons (Fsp3) is 0.929. The van der Waals surface area contributed by atoms with Crippen molar-refractivity contribution in [2.24, 2.45) is 5.73 Å². The Morgan fingerprint density at radius 3 is 1.38 bits per heavy atom. The molecule has 1 atom stereocenters. The van der Waals surface area contributed by atoms with E-state index in [1.54, 1.807) is 0 Å². The molecule has 0 spiro atoms. The van der Waals surface area contributed by atoms with E-state index in [0.717, 1.165) is 0 Å². The second kappa shape index (κ2) is 18.8. The molecule has 0 saturated heterocycles. The van der Waals surface area contributed by atoms with Crippen LogP contribution in [0.15, 0.2) is 0 Å². The summed E-state index contributed by atoms with van der Waals surface area (Å²) in [7, 11) is -4.52. The summed E-state index contributed by atoms with van der Waals surface area (Å²) in [4.78, 5) is 30.1. The highest BCUT2D eigenvalue weighted by atomic mass is 31.2. The smallest absolute Gasteiger partial charge is 0.0786 e. The van der Waals surface area contributed by atoms with Gasteiger partial charge < -0.3 is 47.2 Å². The number of carboxylic acids is 1. The number of carboxylic acid groups (broad SMARTS) is 1. The van der Waals surface area contributed by atoms with Crippen molar-refractivity contribution in [2.45, 2.75) is 78.6 Å². The van der Waals surface area contributed by atoms with Crippen molar-refractivity contribution in [1.82, 2.24) is 0 Å². The van der Waals surface area contributed by atoms with Crippen molar-refractivity contribution < 1.29 is 41.5 Å². The lowest BCUT2D eigenvalue weighted by molar-refractivity contribution is -0.408. The minimum absolute atomic E-state index is 0.0422. The van der Waals surface area contributed by atoms with Crippen LogP contribution in [-0.4, -0.2) is 36.3 Å². The van der Waals surface area contributed by atoms with Crippen LogP contribution in [0.4, 0.5) is 0 Å². The summed E-state index contributed by atoms with van der Waals surface area (Å²) in [6, 6.07) is 0.552. The summed E-state index contributed by atoms with van der Waals surface area (Å²) in [6.07, 6.45) is -0.662. The molecule has 0 fully saturated rings. The zero-order valence-electron chi connectivity index (χ0n) is 16.1. The molecule has 1 unspecified atom stereocenters. The quantitative estimate of drug-likeness (QED) is 0.349. The Morgan fingerprint density at radius 2 is 1.21 bits per heavy atom. The largest absolute Gasteiger partial charge is 0.811 e. The van der Waals surface area contributed by atoms with Crippen molar-refractivity contribution in [3.8, 4) is 0 Å². The van der Waals surface area contributed by atoms with Crippen LogP contribution in [0, 0.1) is 0 Å².